The van der Waals surface area contributed by atoms with Crippen LogP contribution in [0.1, 0.15) is 26.3 Å². The molecule has 1 rings (SSSR count). The Morgan fingerprint density at radius 3 is 2.68 bits per heavy atom. The van der Waals surface area contributed by atoms with E-state index in [2.05, 4.69) is 47.9 Å². The lowest BCUT2D eigenvalue weighted by Gasteiger charge is -2.27. The van der Waals surface area contributed by atoms with Crippen molar-refractivity contribution in [2.24, 2.45) is 5.92 Å². The third-order valence-electron chi connectivity index (χ3n) is 2.85. The highest BCUT2D eigenvalue weighted by molar-refractivity contribution is 5.57. The molecule has 0 aliphatic heterocycles. The number of hydrogen-bond acceptors (Lipinski definition) is 5. The van der Waals surface area contributed by atoms with Crippen molar-refractivity contribution >= 4 is 11.6 Å². The van der Waals surface area contributed by atoms with Gasteiger partial charge >= 0.3 is 0 Å². The maximum atomic E-state index is 5.19. The van der Waals surface area contributed by atoms with Gasteiger partial charge in [0, 0.05) is 32.3 Å². The second-order valence-corrected chi connectivity index (χ2v) is 5.03. The minimum absolute atomic E-state index is 0.578. The number of nitrogens with one attached hydrogen (secondary N) is 1. The first-order valence-electron chi connectivity index (χ1n) is 6.89. The fourth-order valence-corrected chi connectivity index (χ4v) is 2.03. The third-order valence-corrected chi connectivity index (χ3v) is 2.85. The topological polar surface area (TPSA) is 50.3 Å². The van der Waals surface area contributed by atoms with Crippen molar-refractivity contribution in [2.45, 2.75) is 27.7 Å². The van der Waals surface area contributed by atoms with E-state index < -0.39 is 0 Å². The highest BCUT2D eigenvalue weighted by atomic mass is 16.5. The molecule has 0 spiro atoms. The van der Waals surface area contributed by atoms with Crippen molar-refractivity contribution in [1.29, 1.82) is 0 Å². The lowest BCUT2D eigenvalue weighted by Crippen LogP contribution is -2.32. The van der Waals surface area contributed by atoms with Gasteiger partial charge in [-0.25, -0.2) is 9.97 Å². The van der Waals surface area contributed by atoms with Crippen LogP contribution in [-0.2, 0) is 4.74 Å². The molecular weight excluding hydrogens is 240 g/mol. The Hall–Kier alpha value is -1.36. The second kappa shape index (κ2) is 7.94. The summed E-state index contributed by atoms with van der Waals surface area (Å²) in [6.07, 6.45) is 1.63. The van der Waals surface area contributed by atoms with Gasteiger partial charge in [0.15, 0.2) is 0 Å². The van der Waals surface area contributed by atoms with Crippen LogP contribution < -0.4 is 10.2 Å². The summed E-state index contributed by atoms with van der Waals surface area (Å²) in [5.74, 6) is 2.49. The second-order valence-electron chi connectivity index (χ2n) is 5.03. The molecule has 0 amide bonds. The lowest BCUT2D eigenvalue weighted by molar-refractivity contribution is 0.204. The number of hydrogen-bond donors (Lipinski definition) is 1. The van der Waals surface area contributed by atoms with Crippen molar-refractivity contribution in [2.75, 3.05) is 43.6 Å². The first-order chi connectivity index (χ1) is 9.10. The molecule has 0 fully saturated rings. The molecule has 0 saturated carbocycles. The van der Waals surface area contributed by atoms with Gasteiger partial charge in [0.05, 0.1) is 6.61 Å². The van der Waals surface area contributed by atoms with Crippen LogP contribution in [0.2, 0.25) is 0 Å². The minimum atomic E-state index is 0.578. The average molecular weight is 266 g/mol. The normalized spacial score (nSPS) is 10.8. The molecule has 0 unspecified atom stereocenters. The Balaban J connectivity index is 2.96. The van der Waals surface area contributed by atoms with Crippen LogP contribution in [-0.4, -0.2) is 43.3 Å². The van der Waals surface area contributed by atoms with Crippen molar-refractivity contribution in [1.82, 2.24) is 9.97 Å². The zero-order valence-corrected chi connectivity index (χ0v) is 12.7. The molecule has 0 aromatic carbocycles. The van der Waals surface area contributed by atoms with Crippen LogP contribution in [0.15, 0.2) is 6.33 Å². The monoisotopic (exact) mass is 266 g/mol. The minimum Gasteiger partial charge on any atom is -0.383 e. The molecule has 1 heterocycles. The van der Waals surface area contributed by atoms with Gasteiger partial charge in [0.25, 0.3) is 0 Å². The van der Waals surface area contributed by atoms with Crippen LogP contribution in [0.4, 0.5) is 11.6 Å². The summed E-state index contributed by atoms with van der Waals surface area (Å²) in [6, 6.07) is 0. The quantitative estimate of drug-likeness (QED) is 0.782. The van der Waals surface area contributed by atoms with Gasteiger partial charge in [-0.15, -0.1) is 0 Å². The van der Waals surface area contributed by atoms with Crippen LogP contribution >= 0.6 is 0 Å². The Kier molecular flexibility index (Phi) is 6.56. The summed E-state index contributed by atoms with van der Waals surface area (Å²) < 4.78 is 5.19. The van der Waals surface area contributed by atoms with Crippen molar-refractivity contribution in [3.8, 4) is 0 Å². The molecule has 1 N–H and O–H groups in total. The Bertz CT molecular complexity index is 382. The van der Waals surface area contributed by atoms with Crippen LogP contribution in [0, 0.1) is 12.8 Å². The van der Waals surface area contributed by atoms with E-state index in [9.17, 15) is 0 Å². The van der Waals surface area contributed by atoms with Gasteiger partial charge in [-0.2, -0.15) is 0 Å². The van der Waals surface area contributed by atoms with Gasteiger partial charge in [-0.05, 0) is 19.8 Å². The first-order valence-corrected chi connectivity index (χ1v) is 6.89. The SMILES string of the molecule is CCNc1ncnc(N(CCOC)CC(C)C)c1C. The molecule has 0 bridgehead atoms. The Morgan fingerprint density at radius 2 is 2.11 bits per heavy atom. The standard InChI is InChI=1S/C14H26N4O/c1-6-15-13-12(4)14(17-10-16-13)18(7-8-19-5)9-11(2)3/h10-11H,6-9H2,1-5H3,(H,15,16,17). The maximum Gasteiger partial charge on any atom is 0.137 e. The van der Waals surface area contributed by atoms with E-state index in [0.717, 1.165) is 36.8 Å². The lowest BCUT2D eigenvalue weighted by atomic mass is 10.2. The van der Waals surface area contributed by atoms with Gasteiger partial charge in [-0.3, -0.25) is 0 Å². The molecule has 5 nitrogen and oxygen atoms in total. The van der Waals surface area contributed by atoms with E-state index >= 15 is 0 Å². The Morgan fingerprint density at radius 1 is 1.37 bits per heavy atom. The van der Waals surface area contributed by atoms with Crippen molar-refractivity contribution < 1.29 is 4.74 Å². The molecule has 108 valence electrons. The Labute approximate surface area is 116 Å². The molecule has 5 heteroatoms. The number of rotatable bonds is 8. The largest absolute Gasteiger partial charge is 0.383 e. The molecule has 0 radical (unpaired) electrons. The van der Waals surface area contributed by atoms with Gasteiger partial charge in [-0.1, -0.05) is 13.8 Å². The predicted octanol–water partition coefficient (Wildman–Crippen LogP) is 2.33. The highest BCUT2D eigenvalue weighted by Gasteiger charge is 2.15. The zero-order chi connectivity index (χ0) is 14.3. The molecule has 19 heavy (non-hydrogen) atoms. The molecule has 0 saturated heterocycles. The molecular formula is C14H26N4O. The number of anilines is 2. The van der Waals surface area contributed by atoms with Crippen LogP contribution in [0.5, 0.6) is 0 Å². The molecule has 1 aromatic rings. The van der Waals surface area contributed by atoms with Gasteiger partial charge in [0.1, 0.15) is 18.0 Å². The first kappa shape index (κ1) is 15.7. The van der Waals surface area contributed by atoms with E-state index in [-0.39, 0.29) is 0 Å². The summed E-state index contributed by atoms with van der Waals surface area (Å²) in [7, 11) is 1.73. The summed E-state index contributed by atoms with van der Waals surface area (Å²) >= 11 is 0. The maximum absolute atomic E-state index is 5.19. The average Bonchev–Trinajstić information content (AvgIpc) is 2.37. The number of nitrogens with zero attached hydrogens (tertiary/aromatic N) is 3. The summed E-state index contributed by atoms with van der Waals surface area (Å²) in [4.78, 5) is 11.0. The predicted molar refractivity (Wildman–Crippen MR) is 79.9 cm³/mol. The zero-order valence-electron chi connectivity index (χ0n) is 12.7. The van der Waals surface area contributed by atoms with E-state index in [4.69, 9.17) is 4.74 Å². The molecule has 0 atom stereocenters. The van der Waals surface area contributed by atoms with E-state index in [1.165, 1.54) is 0 Å². The van der Waals surface area contributed by atoms with E-state index in [1.54, 1.807) is 13.4 Å². The van der Waals surface area contributed by atoms with Crippen LogP contribution in [0.25, 0.3) is 0 Å². The fraction of sp³-hybridized carbons (Fsp3) is 0.714. The van der Waals surface area contributed by atoms with Gasteiger partial charge in [0.2, 0.25) is 0 Å². The fourth-order valence-electron chi connectivity index (χ4n) is 2.03. The van der Waals surface area contributed by atoms with E-state index in [1.807, 2.05) is 0 Å². The number of aromatic nitrogens is 2. The van der Waals surface area contributed by atoms with E-state index in [0.29, 0.717) is 12.5 Å². The highest BCUT2D eigenvalue weighted by Crippen LogP contribution is 2.22. The molecule has 1 aromatic heterocycles. The third kappa shape index (κ3) is 4.67. The summed E-state index contributed by atoms with van der Waals surface area (Å²) in [5.41, 5.74) is 1.10. The summed E-state index contributed by atoms with van der Waals surface area (Å²) in [6.45, 7) is 11.9. The van der Waals surface area contributed by atoms with Crippen molar-refractivity contribution in [3.63, 3.8) is 0 Å². The number of ether oxygens (including phenoxy) is 1. The van der Waals surface area contributed by atoms with Crippen molar-refractivity contribution in [3.05, 3.63) is 11.9 Å². The molecule has 0 aliphatic carbocycles. The van der Waals surface area contributed by atoms with Crippen LogP contribution in [0.3, 0.4) is 0 Å². The van der Waals surface area contributed by atoms with Gasteiger partial charge < -0.3 is 15.0 Å². The molecule has 0 aliphatic rings. The smallest absolute Gasteiger partial charge is 0.137 e. The summed E-state index contributed by atoms with van der Waals surface area (Å²) in [5, 5.41) is 3.27. The number of methoxy groups -OCH3 is 1.